The largest absolute Gasteiger partial charge is 0.369 e. The maximum Gasteiger partial charge on any atom is 0.246 e. The van der Waals surface area contributed by atoms with E-state index in [0.29, 0.717) is 0 Å². The molecule has 0 aromatic rings. The molecule has 1 N–H and O–H groups in total. The molecule has 9 nitrogen and oxygen atoms in total. The predicted octanol–water partition coefficient (Wildman–Crippen LogP) is -1.75. The number of rotatable bonds is 10. The summed E-state index contributed by atoms with van der Waals surface area (Å²) in [5.41, 5.74) is -0.0594. The summed E-state index contributed by atoms with van der Waals surface area (Å²) in [6.45, 7) is 0.423. The number of hydrogen-bond acceptors (Lipinski definition) is 8. The van der Waals surface area contributed by atoms with Crippen LogP contribution in [0.5, 0.6) is 0 Å². The monoisotopic (exact) mass is 400 g/mol. The van der Waals surface area contributed by atoms with Gasteiger partial charge in [0, 0.05) is 19.5 Å². The van der Waals surface area contributed by atoms with Crippen molar-refractivity contribution in [3.05, 3.63) is 0 Å². The number of carbonyl (C=O) groups excluding carboxylic acids is 4. The number of carbonyl (C=O) groups is 4. The highest BCUT2D eigenvalue weighted by atomic mass is 32.1. The predicted molar refractivity (Wildman–Crippen MR) is 100.0 cm³/mol. The molecule has 0 spiro atoms. The summed E-state index contributed by atoms with van der Waals surface area (Å²) in [5.74, 6) is -0.942. The molecule has 0 aliphatic carbocycles. The number of thiol groups is 1. The molecule has 3 unspecified atom stereocenters. The van der Waals surface area contributed by atoms with Crippen LogP contribution in [0.4, 0.5) is 0 Å². The van der Waals surface area contributed by atoms with Gasteiger partial charge in [-0.25, -0.2) is 0 Å². The van der Waals surface area contributed by atoms with E-state index in [2.05, 4.69) is 17.9 Å². The van der Waals surface area contributed by atoms with Gasteiger partial charge >= 0.3 is 0 Å². The number of amides is 3. The van der Waals surface area contributed by atoms with E-state index >= 15 is 0 Å². The first-order chi connectivity index (χ1) is 12.9. The second-order valence-corrected chi connectivity index (χ2v) is 7.22. The smallest absolute Gasteiger partial charge is 0.246 e. The summed E-state index contributed by atoms with van der Waals surface area (Å²) < 4.78 is 16.4. The molecule has 11 heteroatoms. The Morgan fingerprint density at radius 3 is 2.74 bits per heavy atom. The summed E-state index contributed by atoms with van der Waals surface area (Å²) in [6, 6.07) is 0. The van der Waals surface area contributed by atoms with Crippen LogP contribution in [0.1, 0.15) is 25.7 Å². The Morgan fingerprint density at radius 2 is 2.07 bits per heavy atom. The van der Waals surface area contributed by atoms with E-state index < -0.39 is 11.5 Å². The van der Waals surface area contributed by atoms with Gasteiger partial charge in [0.15, 0.2) is 14.1 Å². The molecule has 0 aromatic heterocycles. The van der Waals surface area contributed by atoms with Crippen LogP contribution in [-0.2, 0) is 33.4 Å². The normalized spacial score (nSPS) is 25.7. The van der Waals surface area contributed by atoms with Gasteiger partial charge in [0.05, 0.1) is 24.6 Å². The molecular weight excluding hydrogens is 375 g/mol. The summed E-state index contributed by atoms with van der Waals surface area (Å²) in [4.78, 5) is 47.1. The van der Waals surface area contributed by atoms with E-state index in [-0.39, 0.29) is 68.8 Å². The fourth-order valence-corrected chi connectivity index (χ4v) is 3.16. The Hall–Kier alpha value is -1.43. The average molecular weight is 400 g/mol. The van der Waals surface area contributed by atoms with E-state index in [0.717, 1.165) is 24.2 Å². The Labute approximate surface area is 164 Å². The minimum atomic E-state index is -0.588. The maximum atomic E-state index is 11.8. The molecule has 2 aliphatic rings. The lowest BCUT2D eigenvalue weighted by Gasteiger charge is -2.29. The first-order valence-corrected chi connectivity index (χ1v) is 9.51. The van der Waals surface area contributed by atoms with Crippen molar-refractivity contribution in [2.24, 2.45) is 0 Å². The van der Waals surface area contributed by atoms with Crippen molar-refractivity contribution in [2.75, 3.05) is 32.9 Å². The molecule has 0 saturated carbocycles. The number of ether oxygens (including phenoxy) is 3. The van der Waals surface area contributed by atoms with Gasteiger partial charge in [0.1, 0.15) is 12.3 Å². The molecule has 0 radical (unpaired) electrons. The SMILES string of the molecule is BC(=O)COC1CCCC(COCC(=O)NCCN2C(=O)CC(S)C2=O)O1. The Bertz CT molecular complexity index is 577. The van der Waals surface area contributed by atoms with Crippen LogP contribution in [0.25, 0.3) is 0 Å². The maximum absolute atomic E-state index is 11.8. The Balaban J connectivity index is 1.57. The van der Waals surface area contributed by atoms with E-state index in [4.69, 9.17) is 14.2 Å². The molecule has 3 amide bonds. The number of nitrogens with one attached hydrogen (secondary N) is 1. The zero-order valence-corrected chi connectivity index (χ0v) is 16.2. The fourth-order valence-electron chi connectivity index (χ4n) is 2.86. The first-order valence-electron chi connectivity index (χ1n) is 9.00. The van der Waals surface area contributed by atoms with Crippen LogP contribution in [0.3, 0.4) is 0 Å². The first kappa shape index (κ1) is 21.9. The van der Waals surface area contributed by atoms with E-state index in [1.807, 2.05) is 0 Å². The van der Waals surface area contributed by atoms with Crippen LogP contribution in [0.2, 0.25) is 0 Å². The van der Waals surface area contributed by atoms with Crippen molar-refractivity contribution in [1.29, 1.82) is 0 Å². The van der Waals surface area contributed by atoms with Gasteiger partial charge in [0.2, 0.25) is 17.7 Å². The van der Waals surface area contributed by atoms with Crippen molar-refractivity contribution in [3.8, 4) is 0 Å². The van der Waals surface area contributed by atoms with Crippen molar-refractivity contribution in [3.63, 3.8) is 0 Å². The molecule has 27 heavy (non-hydrogen) atoms. The zero-order valence-electron chi connectivity index (χ0n) is 15.3. The van der Waals surface area contributed by atoms with E-state index in [9.17, 15) is 19.2 Å². The lowest BCUT2D eigenvalue weighted by Crippen LogP contribution is -2.40. The van der Waals surface area contributed by atoms with Crippen molar-refractivity contribution < 1.29 is 33.4 Å². The van der Waals surface area contributed by atoms with Crippen molar-refractivity contribution >= 4 is 43.9 Å². The minimum Gasteiger partial charge on any atom is -0.369 e. The van der Waals surface area contributed by atoms with Gasteiger partial charge in [-0.3, -0.25) is 19.3 Å². The third kappa shape index (κ3) is 7.25. The fraction of sp³-hybridized carbons (Fsp3) is 0.750. The topological polar surface area (TPSA) is 111 Å². The minimum absolute atomic E-state index is 0.0244. The molecule has 3 atom stereocenters. The van der Waals surface area contributed by atoms with Gasteiger partial charge < -0.3 is 24.3 Å². The molecule has 150 valence electrons. The van der Waals surface area contributed by atoms with Gasteiger partial charge in [-0.05, 0) is 19.3 Å². The van der Waals surface area contributed by atoms with Crippen LogP contribution in [0.15, 0.2) is 0 Å². The lowest BCUT2D eigenvalue weighted by atomic mass is 10.0. The Kier molecular flexibility index (Phi) is 8.74. The van der Waals surface area contributed by atoms with Crippen LogP contribution >= 0.6 is 12.6 Å². The molecule has 2 rings (SSSR count). The second-order valence-electron chi connectivity index (χ2n) is 6.60. The third-order valence-electron chi connectivity index (χ3n) is 4.20. The van der Waals surface area contributed by atoms with Gasteiger partial charge in [0.25, 0.3) is 0 Å². The number of nitrogens with zero attached hydrogens (tertiary/aromatic N) is 1. The number of imide groups is 1. The highest BCUT2D eigenvalue weighted by molar-refractivity contribution is 7.81. The third-order valence-corrected chi connectivity index (χ3v) is 4.60. The highest BCUT2D eigenvalue weighted by Crippen LogP contribution is 2.20. The summed E-state index contributed by atoms with van der Waals surface area (Å²) in [6.07, 6.45) is 1.91. The van der Waals surface area contributed by atoms with E-state index in [1.165, 1.54) is 7.85 Å². The second kappa shape index (κ2) is 10.8. The lowest BCUT2D eigenvalue weighted by molar-refractivity contribution is -0.203. The standard InChI is InChI=1S/C16H25BN2O7S/c17-12(20)8-25-15-3-1-2-10(26-15)7-24-9-13(21)18-4-5-19-14(22)6-11(27)16(19)23/h10-11,15,27H,1-9,17H2,(H,18,21). The summed E-state index contributed by atoms with van der Waals surface area (Å²) >= 11 is 4.04. The molecule has 2 aliphatic heterocycles. The molecule has 0 bridgehead atoms. The molecule has 2 saturated heterocycles. The molecule has 2 heterocycles. The summed E-state index contributed by atoms with van der Waals surface area (Å²) in [7, 11) is 1.45. The van der Waals surface area contributed by atoms with Gasteiger partial charge in [-0.2, -0.15) is 12.6 Å². The molecule has 2 fully saturated rings. The zero-order chi connectivity index (χ0) is 19.8. The van der Waals surface area contributed by atoms with Gasteiger partial charge in [-0.15, -0.1) is 0 Å². The average Bonchev–Trinajstić information content (AvgIpc) is 2.86. The van der Waals surface area contributed by atoms with Crippen LogP contribution in [-0.4, -0.2) is 86.7 Å². The van der Waals surface area contributed by atoms with Gasteiger partial charge in [-0.1, -0.05) is 0 Å². The molecular formula is C16H25BN2O7S. The molecule has 0 aromatic carbocycles. The Morgan fingerprint density at radius 1 is 1.30 bits per heavy atom. The van der Waals surface area contributed by atoms with Crippen LogP contribution in [0, 0.1) is 0 Å². The number of hydrogen-bond donors (Lipinski definition) is 2. The highest BCUT2D eigenvalue weighted by Gasteiger charge is 2.35. The number of likely N-dealkylation sites (tertiary alicyclic amines) is 1. The quantitative estimate of drug-likeness (QED) is 0.254. The van der Waals surface area contributed by atoms with Crippen molar-refractivity contribution in [2.45, 2.75) is 43.3 Å². The van der Waals surface area contributed by atoms with Crippen LogP contribution < -0.4 is 5.32 Å². The van der Waals surface area contributed by atoms with E-state index in [1.54, 1.807) is 0 Å². The van der Waals surface area contributed by atoms with Crippen molar-refractivity contribution in [1.82, 2.24) is 10.2 Å². The summed E-state index contributed by atoms with van der Waals surface area (Å²) in [5, 5.41) is 2.02.